The molecule has 0 saturated heterocycles. The zero-order chi connectivity index (χ0) is 12.6. The van der Waals surface area contributed by atoms with Crippen molar-refractivity contribution in [2.24, 2.45) is 0 Å². The van der Waals surface area contributed by atoms with Crippen LogP contribution in [-0.4, -0.2) is 13.0 Å². The van der Waals surface area contributed by atoms with E-state index in [2.05, 4.69) is 0 Å². The summed E-state index contributed by atoms with van der Waals surface area (Å²) in [6.07, 6.45) is 0.805. The second-order valence-corrected chi connectivity index (χ2v) is 5.44. The molecule has 2 aromatic rings. The second kappa shape index (κ2) is 5.72. The van der Waals surface area contributed by atoms with Crippen molar-refractivity contribution in [2.45, 2.75) is 25.2 Å². The Morgan fingerprint density at radius 1 is 1.11 bits per heavy atom. The number of rotatable bonds is 2. The average molecular weight is 272 g/mol. The minimum Gasteiger partial charge on any atom is -0.744 e. The molecule has 90 valence electrons. The van der Waals surface area contributed by atoms with Crippen molar-refractivity contribution in [2.75, 3.05) is 0 Å². The Kier molecular flexibility index (Phi) is 4.98. The van der Waals surface area contributed by atoms with Gasteiger partial charge in [-0.3, -0.25) is 0 Å². The molecule has 0 amide bonds. The predicted octanol–water partition coefficient (Wildman–Crippen LogP) is -0.381. The Bertz CT molecular complexity index is 678. The maximum absolute atomic E-state index is 11.0. The second-order valence-electron chi connectivity index (χ2n) is 4.06. The fourth-order valence-corrected chi connectivity index (χ4v) is 2.50. The first-order chi connectivity index (χ1) is 7.93. The number of aryl methyl sites for hydroxylation is 2. The molecule has 0 bridgehead atoms. The molecule has 0 unspecified atom stereocenters. The van der Waals surface area contributed by atoms with Crippen molar-refractivity contribution in [3.05, 3.63) is 41.5 Å². The molecule has 0 aliphatic rings. The van der Waals surface area contributed by atoms with Gasteiger partial charge in [-0.05, 0) is 47.4 Å². The molecule has 0 fully saturated rings. The molecule has 3 nitrogen and oxygen atoms in total. The third kappa shape index (κ3) is 2.95. The molecule has 0 atom stereocenters. The van der Waals surface area contributed by atoms with Crippen molar-refractivity contribution in [3.63, 3.8) is 0 Å². The first kappa shape index (κ1) is 15.7. The van der Waals surface area contributed by atoms with Gasteiger partial charge >= 0.3 is 29.6 Å². The summed E-state index contributed by atoms with van der Waals surface area (Å²) >= 11 is 0. The van der Waals surface area contributed by atoms with Crippen molar-refractivity contribution >= 4 is 20.9 Å². The topological polar surface area (TPSA) is 57.2 Å². The van der Waals surface area contributed by atoms with Crippen molar-refractivity contribution < 1.29 is 42.5 Å². The largest absolute Gasteiger partial charge is 1.00 e. The fourth-order valence-electron chi connectivity index (χ4n) is 2.00. The summed E-state index contributed by atoms with van der Waals surface area (Å²) in [4.78, 5) is -0.162. The fraction of sp³-hybridized carbons (Fsp3) is 0.231. The van der Waals surface area contributed by atoms with E-state index < -0.39 is 10.1 Å². The van der Waals surface area contributed by atoms with E-state index in [-0.39, 0.29) is 34.5 Å². The molecule has 5 heteroatoms. The van der Waals surface area contributed by atoms with Gasteiger partial charge < -0.3 is 4.55 Å². The minimum absolute atomic E-state index is 0. The van der Waals surface area contributed by atoms with Gasteiger partial charge in [0.25, 0.3) is 0 Å². The van der Waals surface area contributed by atoms with E-state index in [1.54, 1.807) is 6.07 Å². The van der Waals surface area contributed by atoms with Crippen molar-refractivity contribution in [1.82, 2.24) is 0 Å². The van der Waals surface area contributed by atoms with E-state index in [0.717, 1.165) is 28.3 Å². The summed E-state index contributed by atoms with van der Waals surface area (Å²) in [6, 6.07) is 8.53. The van der Waals surface area contributed by atoms with Crippen LogP contribution in [0.25, 0.3) is 10.8 Å². The Labute approximate surface area is 129 Å². The van der Waals surface area contributed by atoms with Gasteiger partial charge in [-0.15, -0.1) is 0 Å². The van der Waals surface area contributed by atoms with Gasteiger partial charge in [-0.2, -0.15) is 0 Å². The predicted molar refractivity (Wildman–Crippen MR) is 66.0 cm³/mol. The molecule has 2 rings (SSSR count). The summed E-state index contributed by atoms with van der Waals surface area (Å²) < 4.78 is 33.0. The van der Waals surface area contributed by atoms with Gasteiger partial charge in [0.1, 0.15) is 10.1 Å². The van der Waals surface area contributed by atoms with E-state index in [4.69, 9.17) is 0 Å². The number of benzene rings is 2. The van der Waals surface area contributed by atoms with Gasteiger partial charge in [-0.1, -0.05) is 25.1 Å². The monoisotopic (exact) mass is 272 g/mol. The summed E-state index contributed by atoms with van der Waals surface area (Å²) in [5, 5.41) is 1.85. The molecular weight excluding hydrogens is 259 g/mol. The van der Waals surface area contributed by atoms with Crippen LogP contribution in [0.1, 0.15) is 18.1 Å². The third-order valence-electron chi connectivity index (χ3n) is 2.97. The van der Waals surface area contributed by atoms with Crippen LogP contribution >= 0.6 is 0 Å². The third-order valence-corrected chi connectivity index (χ3v) is 3.80. The van der Waals surface area contributed by atoms with Crippen molar-refractivity contribution in [1.29, 1.82) is 0 Å². The Morgan fingerprint density at radius 3 is 2.33 bits per heavy atom. The average Bonchev–Trinajstić information content (AvgIpc) is 2.28. The minimum atomic E-state index is -4.38. The van der Waals surface area contributed by atoms with Gasteiger partial charge in [-0.25, -0.2) is 8.42 Å². The van der Waals surface area contributed by atoms with Crippen LogP contribution in [0.4, 0.5) is 0 Å². The zero-order valence-corrected chi connectivity index (χ0v) is 13.5. The van der Waals surface area contributed by atoms with Gasteiger partial charge in [0, 0.05) is 0 Å². The molecule has 0 N–H and O–H groups in total. The van der Waals surface area contributed by atoms with E-state index in [1.807, 2.05) is 26.0 Å². The van der Waals surface area contributed by atoms with Gasteiger partial charge in [0.15, 0.2) is 0 Å². The van der Waals surface area contributed by atoms with Crippen LogP contribution in [0.3, 0.4) is 0 Å². The zero-order valence-electron chi connectivity index (χ0n) is 10.7. The van der Waals surface area contributed by atoms with Crippen LogP contribution in [0, 0.1) is 6.92 Å². The van der Waals surface area contributed by atoms with Crippen LogP contribution in [0.15, 0.2) is 35.2 Å². The van der Waals surface area contributed by atoms with E-state index >= 15 is 0 Å². The summed E-state index contributed by atoms with van der Waals surface area (Å²) in [7, 11) is -4.38. The molecule has 0 aliphatic carbocycles. The first-order valence-electron chi connectivity index (χ1n) is 5.41. The van der Waals surface area contributed by atoms with Gasteiger partial charge in [0.05, 0.1) is 4.90 Å². The van der Waals surface area contributed by atoms with Crippen LogP contribution < -0.4 is 29.6 Å². The molecule has 0 heterocycles. The van der Waals surface area contributed by atoms with Crippen molar-refractivity contribution in [3.8, 4) is 0 Å². The summed E-state index contributed by atoms with van der Waals surface area (Å²) in [5.74, 6) is 0. The summed E-state index contributed by atoms with van der Waals surface area (Å²) in [6.45, 7) is 3.97. The standard InChI is InChI=1S/C13H14O3S.Na/c1-3-10-5-4-9(2)12-7-6-11(8-13(10)12)17(14,15)16;/h4-8H,3H2,1-2H3,(H,14,15,16);/q;+1/p-1. The Hall–Kier alpha value is -0.390. The molecule has 0 spiro atoms. The molecule has 0 saturated carbocycles. The first-order valence-corrected chi connectivity index (χ1v) is 6.82. The Morgan fingerprint density at radius 2 is 1.78 bits per heavy atom. The Balaban J connectivity index is 0.00000162. The maximum Gasteiger partial charge on any atom is 1.00 e. The smallest absolute Gasteiger partial charge is 0.744 e. The quantitative estimate of drug-likeness (QED) is 0.553. The molecular formula is C13H13NaO3S. The SMILES string of the molecule is CCc1ccc(C)c2ccc(S(=O)(=O)[O-])cc12.[Na+]. The van der Waals surface area contributed by atoms with Gasteiger partial charge in [0.2, 0.25) is 0 Å². The molecule has 0 aliphatic heterocycles. The molecule has 18 heavy (non-hydrogen) atoms. The van der Waals surface area contributed by atoms with Crippen LogP contribution in [-0.2, 0) is 16.5 Å². The van der Waals surface area contributed by atoms with Crippen LogP contribution in [0.2, 0.25) is 0 Å². The number of hydrogen-bond donors (Lipinski definition) is 0. The molecule has 2 aromatic carbocycles. The molecule has 0 aromatic heterocycles. The normalized spacial score (nSPS) is 11.3. The summed E-state index contributed by atoms with van der Waals surface area (Å²) in [5.41, 5.74) is 2.13. The number of fused-ring (bicyclic) bond motifs is 1. The van der Waals surface area contributed by atoms with E-state index in [1.165, 1.54) is 12.1 Å². The van der Waals surface area contributed by atoms with E-state index in [0.29, 0.717) is 0 Å². The molecule has 0 radical (unpaired) electrons. The van der Waals surface area contributed by atoms with E-state index in [9.17, 15) is 13.0 Å². The number of hydrogen-bond acceptors (Lipinski definition) is 3. The maximum atomic E-state index is 11.0. The van der Waals surface area contributed by atoms with Crippen LogP contribution in [0.5, 0.6) is 0 Å².